The topological polar surface area (TPSA) is 84.3 Å². The van der Waals surface area contributed by atoms with Crippen LogP contribution in [-0.2, 0) is 0 Å². The lowest BCUT2D eigenvalue weighted by molar-refractivity contribution is -0.385. The normalized spacial score (nSPS) is 9.50. The Hall–Kier alpha value is -1.95. The predicted molar refractivity (Wildman–Crippen MR) is 49.6 cm³/mol. The smallest absolute Gasteiger partial charge is 0.282 e. The first-order valence-electron chi connectivity index (χ1n) is 3.87. The minimum absolute atomic E-state index is 0.0341. The molecule has 6 heteroatoms. The van der Waals surface area contributed by atoms with Crippen LogP contribution >= 0.6 is 0 Å². The lowest BCUT2D eigenvalue weighted by Gasteiger charge is -2.02. The van der Waals surface area contributed by atoms with E-state index in [0.29, 0.717) is 0 Å². The highest BCUT2D eigenvalue weighted by molar-refractivity contribution is 5.97. The van der Waals surface area contributed by atoms with Gasteiger partial charge in [0.1, 0.15) is 5.56 Å². The third-order valence-electron chi connectivity index (χ3n) is 1.58. The van der Waals surface area contributed by atoms with E-state index >= 15 is 0 Å². The SMILES string of the molecule is CNNC(=O)c1ccccc1[N+](=O)[O-]. The fourth-order valence-electron chi connectivity index (χ4n) is 1.01. The van der Waals surface area contributed by atoms with Crippen molar-refractivity contribution in [2.75, 3.05) is 7.05 Å². The van der Waals surface area contributed by atoms with Crippen LogP contribution in [0.25, 0.3) is 0 Å². The number of hydrogen-bond acceptors (Lipinski definition) is 4. The molecule has 14 heavy (non-hydrogen) atoms. The molecule has 0 heterocycles. The van der Waals surface area contributed by atoms with Crippen LogP contribution in [0, 0.1) is 10.1 Å². The molecule has 0 aromatic heterocycles. The van der Waals surface area contributed by atoms with Crippen molar-refractivity contribution in [2.45, 2.75) is 0 Å². The van der Waals surface area contributed by atoms with E-state index in [2.05, 4.69) is 10.9 Å². The summed E-state index contributed by atoms with van der Waals surface area (Å²) in [6, 6.07) is 5.75. The number of rotatable bonds is 3. The fourth-order valence-corrected chi connectivity index (χ4v) is 1.01. The van der Waals surface area contributed by atoms with Crippen LogP contribution in [0.1, 0.15) is 10.4 Å². The number of carbonyl (C=O) groups excluding carboxylic acids is 1. The number of amides is 1. The van der Waals surface area contributed by atoms with Gasteiger partial charge in [-0.05, 0) is 6.07 Å². The molecule has 2 N–H and O–H groups in total. The van der Waals surface area contributed by atoms with Gasteiger partial charge in [-0.25, -0.2) is 5.43 Å². The van der Waals surface area contributed by atoms with Crippen LogP contribution in [0.3, 0.4) is 0 Å². The molecule has 0 saturated heterocycles. The summed E-state index contributed by atoms with van der Waals surface area (Å²) in [5.41, 5.74) is 4.50. The molecule has 0 atom stereocenters. The summed E-state index contributed by atoms with van der Waals surface area (Å²) >= 11 is 0. The molecule has 1 aromatic carbocycles. The minimum Gasteiger partial charge on any atom is -0.287 e. The molecule has 1 aromatic rings. The Morgan fingerprint density at radius 2 is 2.07 bits per heavy atom. The molecule has 0 radical (unpaired) electrons. The van der Waals surface area contributed by atoms with Crippen LogP contribution in [-0.4, -0.2) is 17.9 Å². The van der Waals surface area contributed by atoms with Crippen LogP contribution < -0.4 is 10.9 Å². The first-order valence-corrected chi connectivity index (χ1v) is 3.87. The molecule has 0 spiro atoms. The largest absolute Gasteiger partial charge is 0.287 e. The molecule has 0 aliphatic heterocycles. The summed E-state index contributed by atoms with van der Waals surface area (Å²) in [6.07, 6.45) is 0. The van der Waals surface area contributed by atoms with Gasteiger partial charge in [0.05, 0.1) is 4.92 Å². The van der Waals surface area contributed by atoms with Gasteiger partial charge in [-0.1, -0.05) is 12.1 Å². The molecule has 0 saturated carbocycles. The summed E-state index contributed by atoms with van der Waals surface area (Å²) in [7, 11) is 1.51. The average molecular weight is 195 g/mol. The summed E-state index contributed by atoms with van der Waals surface area (Å²) in [5.74, 6) is -0.528. The number of para-hydroxylation sites is 1. The maximum Gasteiger partial charge on any atom is 0.282 e. The molecule has 0 unspecified atom stereocenters. The quantitative estimate of drug-likeness (QED) is 0.542. The molecule has 74 valence electrons. The van der Waals surface area contributed by atoms with Crippen molar-refractivity contribution in [1.82, 2.24) is 10.9 Å². The van der Waals surface area contributed by atoms with Gasteiger partial charge in [0.25, 0.3) is 11.6 Å². The second-order valence-electron chi connectivity index (χ2n) is 2.48. The van der Waals surface area contributed by atoms with E-state index in [0.717, 1.165) is 0 Å². The van der Waals surface area contributed by atoms with Crippen molar-refractivity contribution in [1.29, 1.82) is 0 Å². The molecule has 0 aliphatic rings. The first-order chi connectivity index (χ1) is 6.66. The Kier molecular flexibility index (Phi) is 3.14. The summed E-state index contributed by atoms with van der Waals surface area (Å²) < 4.78 is 0. The number of nitro benzene ring substituents is 1. The molecule has 1 rings (SSSR count). The maximum atomic E-state index is 11.3. The van der Waals surface area contributed by atoms with Crippen molar-refractivity contribution in [3.05, 3.63) is 39.9 Å². The standard InChI is InChI=1S/C8H9N3O3/c1-9-10-8(12)6-4-2-3-5-7(6)11(13)14/h2-5,9H,1H3,(H,10,12). The molecule has 0 aliphatic carbocycles. The zero-order valence-electron chi connectivity index (χ0n) is 7.48. The van der Waals surface area contributed by atoms with Crippen molar-refractivity contribution >= 4 is 11.6 Å². The molecular weight excluding hydrogens is 186 g/mol. The lowest BCUT2D eigenvalue weighted by Crippen LogP contribution is -2.34. The second kappa shape index (κ2) is 4.33. The van der Waals surface area contributed by atoms with Crippen LogP contribution in [0.4, 0.5) is 5.69 Å². The zero-order valence-corrected chi connectivity index (χ0v) is 7.48. The van der Waals surface area contributed by atoms with E-state index in [-0.39, 0.29) is 11.3 Å². The van der Waals surface area contributed by atoms with E-state index in [1.54, 1.807) is 6.07 Å². The third-order valence-corrected chi connectivity index (χ3v) is 1.58. The third kappa shape index (κ3) is 2.05. The number of nitro groups is 1. The number of benzene rings is 1. The van der Waals surface area contributed by atoms with Crippen LogP contribution in [0.5, 0.6) is 0 Å². The van der Waals surface area contributed by atoms with Gasteiger partial charge >= 0.3 is 0 Å². The second-order valence-corrected chi connectivity index (χ2v) is 2.48. The first kappa shape index (κ1) is 10.1. The summed E-state index contributed by atoms with van der Waals surface area (Å²) in [5, 5.41) is 10.5. The lowest BCUT2D eigenvalue weighted by atomic mass is 10.2. The van der Waals surface area contributed by atoms with Crippen molar-refractivity contribution in [2.24, 2.45) is 0 Å². The molecule has 0 fully saturated rings. The Morgan fingerprint density at radius 1 is 1.43 bits per heavy atom. The average Bonchev–Trinajstić information content (AvgIpc) is 2.18. The van der Waals surface area contributed by atoms with Crippen LogP contribution in [0.2, 0.25) is 0 Å². The Bertz CT molecular complexity index is 365. The van der Waals surface area contributed by atoms with Gasteiger partial charge in [-0.15, -0.1) is 0 Å². The van der Waals surface area contributed by atoms with Crippen molar-refractivity contribution in [3.8, 4) is 0 Å². The zero-order chi connectivity index (χ0) is 10.6. The summed E-state index contributed by atoms with van der Waals surface area (Å²) in [6.45, 7) is 0. The number of hydrogen-bond donors (Lipinski definition) is 2. The number of nitrogens with zero attached hydrogens (tertiary/aromatic N) is 1. The number of nitrogens with one attached hydrogen (secondary N) is 2. The fraction of sp³-hybridized carbons (Fsp3) is 0.125. The number of hydrazine groups is 1. The molecular formula is C8H9N3O3. The van der Waals surface area contributed by atoms with Gasteiger partial charge in [0, 0.05) is 13.1 Å². The highest BCUT2D eigenvalue weighted by atomic mass is 16.6. The monoisotopic (exact) mass is 195 g/mol. The van der Waals surface area contributed by atoms with E-state index in [1.807, 2.05) is 0 Å². The van der Waals surface area contributed by atoms with Crippen molar-refractivity contribution in [3.63, 3.8) is 0 Å². The minimum atomic E-state index is -0.593. The van der Waals surface area contributed by atoms with Gasteiger partial charge in [0.15, 0.2) is 0 Å². The van der Waals surface area contributed by atoms with E-state index < -0.39 is 10.8 Å². The van der Waals surface area contributed by atoms with Crippen molar-refractivity contribution < 1.29 is 9.72 Å². The molecule has 1 amide bonds. The molecule has 0 bridgehead atoms. The maximum absolute atomic E-state index is 11.3. The van der Waals surface area contributed by atoms with Gasteiger partial charge < -0.3 is 0 Å². The van der Waals surface area contributed by atoms with Crippen LogP contribution in [0.15, 0.2) is 24.3 Å². The highest BCUT2D eigenvalue weighted by Crippen LogP contribution is 2.16. The Morgan fingerprint density at radius 3 is 2.64 bits per heavy atom. The highest BCUT2D eigenvalue weighted by Gasteiger charge is 2.18. The van der Waals surface area contributed by atoms with E-state index in [1.165, 1.54) is 25.2 Å². The van der Waals surface area contributed by atoms with Gasteiger partial charge in [0.2, 0.25) is 0 Å². The number of carbonyl (C=O) groups is 1. The summed E-state index contributed by atoms with van der Waals surface area (Å²) in [4.78, 5) is 21.2. The van der Waals surface area contributed by atoms with Gasteiger partial charge in [-0.3, -0.25) is 20.3 Å². The molecule has 6 nitrogen and oxygen atoms in total. The Labute approximate surface area is 80.0 Å². The van der Waals surface area contributed by atoms with E-state index in [9.17, 15) is 14.9 Å². The van der Waals surface area contributed by atoms with Gasteiger partial charge in [-0.2, -0.15) is 0 Å². The predicted octanol–water partition coefficient (Wildman–Crippen LogP) is 0.459. The Balaban J connectivity index is 3.07. The van der Waals surface area contributed by atoms with E-state index in [4.69, 9.17) is 0 Å².